The molecule has 1 saturated heterocycles. The molecular weight excluding hydrogens is 449 g/mol. The minimum atomic E-state index is 0. The molecule has 2 N–H and O–H groups in total. The quantitative estimate of drug-likeness (QED) is 0.380. The lowest BCUT2D eigenvalue weighted by Crippen LogP contribution is -2.48. The molecule has 1 aromatic carbocycles. The number of hydrogen-bond donors (Lipinski definition) is 2. The first kappa shape index (κ1) is 21.6. The Bertz CT molecular complexity index is 669. The van der Waals surface area contributed by atoms with E-state index in [9.17, 15) is 0 Å². The van der Waals surface area contributed by atoms with Crippen LogP contribution >= 0.6 is 24.0 Å². The number of likely N-dealkylation sites (tertiary alicyclic amines) is 1. The Balaban J connectivity index is 0.00000261. The SMILES string of the molecule is CN=C(NCCc1ccccn1)NC1CCN(Cc2ccccc2)CC1.I. The maximum atomic E-state index is 4.36. The van der Waals surface area contributed by atoms with Gasteiger partial charge in [-0.1, -0.05) is 36.4 Å². The fraction of sp³-hybridized carbons (Fsp3) is 0.429. The third-order valence-electron chi connectivity index (χ3n) is 4.80. The average Bonchev–Trinajstić information content (AvgIpc) is 2.70. The summed E-state index contributed by atoms with van der Waals surface area (Å²) in [6.45, 7) is 4.13. The van der Waals surface area contributed by atoms with E-state index < -0.39 is 0 Å². The number of nitrogens with one attached hydrogen (secondary N) is 2. The molecule has 0 spiro atoms. The summed E-state index contributed by atoms with van der Waals surface area (Å²) >= 11 is 0. The molecule has 2 aromatic rings. The normalized spacial score (nSPS) is 15.8. The van der Waals surface area contributed by atoms with Crippen molar-refractivity contribution in [2.45, 2.75) is 31.8 Å². The molecule has 0 amide bonds. The molecule has 1 aromatic heterocycles. The molecule has 1 aliphatic heterocycles. The third-order valence-corrected chi connectivity index (χ3v) is 4.80. The monoisotopic (exact) mass is 479 g/mol. The number of nitrogens with zero attached hydrogens (tertiary/aromatic N) is 3. The molecule has 0 radical (unpaired) electrons. The summed E-state index contributed by atoms with van der Waals surface area (Å²) < 4.78 is 0. The predicted molar refractivity (Wildman–Crippen MR) is 123 cm³/mol. The van der Waals surface area contributed by atoms with Crippen LogP contribution in [-0.2, 0) is 13.0 Å². The van der Waals surface area contributed by atoms with E-state index in [2.05, 4.69) is 61.9 Å². The highest BCUT2D eigenvalue weighted by atomic mass is 127. The van der Waals surface area contributed by atoms with E-state index >= 15 is 0 Å². The summed E-state index contributed by atoms with van der Waals surface area (Å²) in [4.78, 5) is 11.2. The highest BCUT2D eigenvalue weighted by molar-refractivity contribution is 14.0. The first-order chi connectivity index (χ1) is 12.8. The summed E-state index contributed by atoms with van der Waals surface area (Å²) in [6, 6.07) is 17.2. The van der Waals surface area contributed by atoms with Crippen molar-refractivity contribution in [3.8, 4) is 0 Å². The number of hydrogen-bond acceptors (Lipinski definition) is 3. The van der Waals surface area contributed by atoms with Crippen LogP contribution in [0.2, 0.25) is 0 Å². The summed E-state index contributed by atoms with van der Waals surface area (Å²) in [6.07, 6.45) is 5.03. The van der Waals surface area contributed by atoms with Crippen molar-refractivity contribution in [1.82, 2.24) is 20.5 Å². The zero-order valence-electron chi connectivity index (χ0n) is 16.0. The van der Waals surface area contributed by atoms with Gasteiger partial charge in [-0.2, -0.15) is 0 Å². The average molecular weight is 479 g/mol. The van der Waals surface area contributed by atoms with Gasteiger partial charge in [-0.15, -0.1) is 24.0 Å². The van der Waals surface area contributed by atoms with Crippen molar-refractivity contribution in [1.29, 1.82) is 0 Å². The number of aromatic nitrogens is 1. The van der Waals surface area contributed by atoms with Crippen LogP contribution in [0.5, 0.6) is 0 Å². The number of halogens is 1. The Morgan fingerprint density at radius 1 is 1.11 bits per heavy atom. The minimum absolute atomic E-state index is 0. The van der Waals surface area contributed by atoms with Gasteiger partial charge in [-0.3, -0.25) is 14.9 Å². The maximum absolute atomic E-state index is 4.36. The number of benzene rings is 1. The van der Waals surface area contributed by atoms with E-state index in [0.717, 1.165) is 57.1 Å². The second kappa shape index (κ2) is 11.9. The van der Waals surface area contributed by atoms with Gasteiger partial charge in [-0.05, 0) is 30.5 Å². The number of piperidine rings is 1. The molecule has 0 bridgehead atoms. The summed E-state index contributed by atoms with van der Waals surface area (Å²) in [5, 5.41) is 6.97. The Kier molecular flexibility index (Phi) is 9.55. The molecule has 0 unspecified atom stereocenters. The van der Waals surface area contributed by atoms with Gasteiger partial charge >= 0.3 is 0 Å². The van der Waals surface area contributed by atoms with Gasteiger partial charge in [0.1, 0.15) is 0 Å². The summed E-state index contributed by atoms with van der Waals surface area (Å²) in [5.74, 6) is 0.891. The first-order valence-corrected chi connectivity index (χ1v) is 9.47. The molecule has 0 atom stereocenters. The number of guanidine groups is 1. The van der Waals surface area contributed by atoms with Gasteiger partial charge in [0, 0.05) is 57.6 Å². The van der Waals surface area contributed by atoms with Crippen LogP contribution in [0.4, 0.5) is 0 Å². The number of pyridine rings is 1. The zero-order chi connectivity index (χ0) is 18.0. The lowest BCUT2D eigenvalue weighted by molar-refractivity contribution is 0.198. The molecule has 2 heterocycles. The fourth-order valence-electron chi connectivity index (χ4n) is 3.32. The number of rotatable bonds is 6. The van der Waals surface area contributed by atoms with E-state index in [4.69, 9.17) is 0 Å². The summed E-state index contributed by atoms with van der Waals surface area (Å²) in [7, 11) is 1.83. The Hall–Kier alpha value is -1.67. The van der Waals surface area contributed by atoms with E-state index in [-0.39, 0.29) is 24.0 Å². The zero-order valence-corrected chi connectivity index (χ0v) is 18.3. The highest BCUT2D eigenvalue weighted by Crippen LogP contribution is 2.13. The third kappa shape index (κ3) is 7.46. The van der Waals surface area contributed by atoms with Crippen molar-refractivity contribution >= 4 is 29.9 Å². The van der Waals surface area contributed by atoms with Crippen molar-refractivity contribution in [3.05, 3.63) is 66.0 Å². The van der Waals surface area contributed by atoms with E-state index in [1.165, 1.54) is 5.56 Å². The number of aliphatic imine (C=N–C) groups is 1. The minimum Gasteiger partial charge on any atom is -0.356 e. The molecule has 0 aliphatic carbocycles. The molecule has 27 heavy (non-hydrogen) atoms. The topological polar surface area (TPSA) is 52.6 Å². The second-order valence-corrected chi connectivity index (χ2v) is 6.75. The molecule has 1 aliphatic rings. The van der Waals surface area contributed by atoms with Crippen molar-refractivity contribution in [3.63, 3.8) is 0 Å². The van der Waals surface area contributed by atoms with Crippen LogP contribution in [0.15, 0.2) is 59.7 Å². The van der Waals surface area contributed by atoms with Crippen LogP contribution in [0, 0.1) is 0 Å². The summed E-state index contributed by atoms with van der Waals surface area (Å²) in [5.41, 5.74) is 2.50. The molecule has 3 rings (SSSR count). The molecular formula is C21H30IN5. The van der Waals surface area contributed by atoms with Crippen molar-refractivity contribution in [2.24, 2.45) is 4.99 Å². The Morgan fingerprint density at radius 3 is 2.52 bits per heavy atom. The first-order valence-electron chi connectivity index (χ1n) is 9.47. The highest BCUT2D eigenvalue weighted by Gasteiger charge is 2.19. The van der Waals surface area contributed by atoms with Crippen LogP contribution in [0.3, 0.4) is 0 Å². The molecule has 146 valence electrons. The van der Waals surface area contributed by atoms with Crippen LogP contribution < -0.4 is 10.6 Å². The smallest absolute Gasteiger partial charge is 0.191 e. The van der Waals surface area contributed by atoms with Gasteiger partial charge in [-0.25, -0.2) is 0 Å². The van der Waals surface area contributed by atoms with Crippen molar-refractivity contribution in [2.75, 3.05) is 26.7 Å². The molecule has 6 heteroatoms. The van der Waals surface area contributed by atoms with Gasteiger partial charge in [0.2, 0.25) is 0 Å². The lowest BCUT2D eigenvalue weighted by Gasteiger charge is -2.33. The van der Waals surface area contributed by atoms with Crippen LogP contribution in [-0.4, -0.2) is 48.6 Å². The van der Waals surface area contributed by atoms with Crippen LogP contribution in [0.25, 0.3) is 0 Å². The van der Waals surface area contributed by atoms with E-state index in [0.29, 0.717) is 6.04 Å². The standard InChI is InChI=1S/C21H29N5.HI/c1-22-21(24-14-10-19-9-5-6-13-23-19)25-20-11-15-26(16-12-20)17-18-7-3-2-4-8-18;/h2-9,13,20H,10-12,14-17H2,1H3,(H2,22,24,25);1H. The maximum Gasteiger partial charge on any atom is 0.191 e. The van der Waals surface area contributed by atoms with Gasteiger partial charge in [0.05, 0.1) is 0 Å². The molecule has 1 fully saturated rings. The molecule has 5 nitrogen and oxygen atoms in total. The van der Waals surface area contributed by atoms with Gasteiger partial charge < -0.3 is 10.6 Å². The van der Waals surface area contributed by atoms with E-state index in [1.54, 1.807) is 0 Å². The van der Waals surface area contributed by atoms with Crippen molar-refractivity contribution < 1.29 is 0 Å². The molecule has 0 saturated carbocycles. The Labute approximate surface area is 179 Å². The Morgan fingerprint density at radius 2 is 1.85 bits per heavy atom. The van der Waals surface area contributed by atoms with E-state index in [1.807, 2.05) is 25.4 Å². The predicted octanol–water partition coefficient (Wildman–Crippen LogP) is 3.07. The fourth-order valence-corrected chi connectivity index (χ4v) is 3.32. The van der Waals surface area contributed by atoms with Gasteiger partial charge in [0.15, 0.2) is 5.96 Å². The van der Waals surface area contributed by atoms with Gasteiger partial charge in [0.25, 0.3) is 0 Å². The lowest BCUT2D eigenvalue weighted by atomic mass is 10.0. The largest absolute Gasteiger partial charge is 0.356 e. The van der Waals surface area contributed by atoms with Crippen LogP contribution in [0.1, 0.15) is 24.1 Å². The second-order valence-electron chi connectivity index (χ2n) is 6.75.